The largest absolute Gasteiger partial charge is 0.492 e. The maximum Gasteiger partial charge on any atom is 0.306 e. The molecule has 0 aromatic carbocycles. The number of hydrogen-bond acceptors (Lipinski definition) is 4. The van der Waals surface area contributed by atoms with Gasteiger partial charge in [-0.15, -0.1) is 0 Å². The normalized spacial score (nSPS) is 11.1. The topological polar surface area (TPSA) is 48.4 Å². The zero-order valence-corrected chi connectivity index (χ0v) is 11.5. The lowest BCUT2D eigenvalue weighted by Crippen LogP contribution is -2.24. The van der Waals surface area contributed by atoms with Gasteiger partial charge in [-0.25, -0.2) is 0 Å². The van der Waals surface area contributed by atoms with E-state index in [2.05, 4.69) is 4.98 Å². The van der Waals surface area contributed by atoms with Gasteiger partial charge in [0.2, 0.25) is 0 Å². The Hall–Kier alpha value is -1.58. The van der Waals surface area contributed by atoms with Gasteiger partial charge < -0.3 is 9.47 Å². The number of pyridine rings is 1. The smallest absolute Gasteiger partial charge is 0.306 e. The van der Waals surface area contributed by atoms with E-state index in [0.29, 0.717) is 19.4 Å². The fourth-order valence-corrected chi connectivity index (χ4v) is 1.48. The van der Waals surface area contributed by atoms with E-state index >= 15 is 0 Å². The van der Waals surface area contributed by atoms with Crippen LogP contribution in [0.25, 0.3) is 0 Å². The van der Waals surface area contributed by atoms with Gasteiger partial charge in [0.05, 0.1) is 12.8 Å². The maximum atomic E-state index is 11.6. The average molecular weight is 251 g/mol. The van der Waals surface area contributed by atoms with Crippen LogP contribution in [0.15, 0.2) is 18.5 Å². The first-order chi connectivity index (χ1) is 8.40. The molecule has 0 bridgehead atoms. The van der Waals surface area contributed by atoms with Gasteiger partial charge in [0, 0.05) is 12.6 Å². The molecule has 18 heavy (non-hydrogen) atoms. The minimum Gasteiger partial charge on any atom is -0.492 e. The summed E-state index contributed by atoms with van der Waals surface area (Å²) in [6, 6.07) is 1.90. The molecular formula is C14H21NO3. The summed E-state index contributed by atoms with van der Waals surface area (Å²) in [5.74, 6) is 0.545. The molecule has 1 rings (SSSR count). The van der Waals surface area contributed by atoms with Crippen LogP contribution >= 0.6 is 0 Å². The molecule has 0 amide bonds. The zero-order chi connectivity index (χ0) is 13.6. The second-order valence-electron chi connectivity index (χ2n) is 5.05. The van der Waals surface area contributed by atoms with Gasteiger partial charge in [-0.2, -0.15) is 0 Å². The molecule has 1 aromatic rings. The molecule has 1 aromatic heterocycles. The van der Waals surface area contributed by atoms with Crippen LogP contribution in [0.2, 0.25) is 0 Å². The third kappa shape index (κ3) is 5.66. The van der Waals surface area contributed by atoms with Crippen LogP contribution in [0.5, 0.6) is 5.75 Å². The summed E-state index contributed by atoms with van der Waals surface area (Å²) in [6.07, 6.45) is 4.38. The van der Waals surface area contributed by atoms with E-state index in [1.165, 1.54) is 0 Å². The molecule has 0 aliphatic heterocycles. The van der Waals surface area contributed by atoms with Gasteiger partial charge in [-0.3, -0.25) is 9.78 Å². The number of aryl methyl sites for hydroxylation is 1. The van der Waals surface area contributed by atoms with Gasteiger partial charge >= 0.3 is 5.97 Å². The Kier molecular flexibility index (Phi) is 5.13. The van der Waals surface area contributed by atoms with E-state index in [1.54, 1.807) is 12.4 Å². The fourth-order valence-electron chi connectivity index (χ4n) is 1.48. The predicted octanol–water partition coefficient (Wildman–Crippen LogP) is 2.75. The number of esters is 1. The van der Waals surface area contributed by atoms with Crippen molar-refractivity contribution in [3.63, 3.8) is 0 Å². The number of carbonyl (C=O) groups excluding carboxylic acids is 1. The molecule has 0 saturated carbocycles. The highest BCUT2D eigenvalue weighted by atomic mass is 16.6. The first-order valence-electron chi connectivity index (χ1n) is 6.19. The van der Waals surface area contributed by atoms with Crippen molar-refractivity contribution in [3.05, 3.63) is 24.0 Å². The summed E-state index contributed by atoms with van der Waals surface area (Å²) in [7, 11) is 0. The van der Waals surface area contributed by atoms with Gasteiger partial charge in [0.25, 0.3) is 0 Å². The van der Waals surface area contributed by atoms with Crippen LogP contribution in [0.3, 0.4) is 0 Å². The second-order valence-corrected chi connectivity index (χ2v) is 5.05. The molecular weight excluding hydrogens is 230 g/mol. The molecule has 100 valence electrons. The lowest BCUT2D eigenvalue weighted by atomic mass is 10.1. The van der Waals surface area contributed by atoms with Crippen LogP contribution < -0.4 is 4.74 Å². The summed E-state index contributed by atoms with van der Waals surface area (Å²) < 4.78 is 10.6. The Balaban J connectivity index is 2.48. The van der Waals surface area contributed by atoms with Gasteiger partial charge in [0.1, 0.15) is 11.4 Å². The van der Waals surface area contributed by atoms with Crippen molar-refractivity contribution in [1.29, 1.82) is 0 Å². The summed E-state index contributed by atoms with van der Waals surface area (Å²) in [5, 5.41) is 0. The quantitative estimate of drug-likeness (QED) is 0.755. The van der Waals surface area contributed by atoms with E-state index in [4.69, 9.17) is 9.47 Å². The van der Waals surface area contributed by atoms with Crippen molar-refractivity contribution in [2.45, 2.75) is 46.1 Å². The molecule has 0 unspecified atom stereocenters. The Bertz CT molecular complexity index is 396. The lowest BCUT2D eigenvalue weighted by Gasteiger charge is -2.19. The van der Waals surface area contributed by atoms with Gasteiger partial charge in [-0.05, 0) is 45.7 Å². The van der Waals surface area contributed by atoms with Crippen molar-refractivity contribution in [3.8, 4) is 5.75 Å². The molecule has 0 saturated heterocycles. The standard InChI is InChI=1S/C14H21NO3/c1-5-17-12-8-11(9-15-10-12)6-7-13(16)18-14(2,3)4/h8-10H,5-7H2,1-4H3. The van der Waals surface area contributed by atoms with Crippen LogP contribution in [0.4, 0.5) is 0 Å². The first kappa shape index (κ1) is 14.5. The molecule has 1 heterocycles. The second kappa shape index (κ2) is 6.38. The Morgan fingerprint density at radius 2 is 2.06 bits per heavy atom. The molecule has 4 nitrogen and oxygen atoms in total. The average Bonchev–Trinajstić information content (AvgIpc) is 2.25. The van der Waals surface area contributed by atoms with Crippen LogP contribution in [0.1, 0.15) is 39.7 Å². The summed E-state index contributed by atoms with van der Waals surface area (Å²) in [6.45, 7) is 8.12. The Morgan fingerprint density at radius 1 is 1.33 bits per heavy atom. The summed E-state index contributed by atoms with van der Waals surface area (Å²) >= 11 is 0. The molecule has 4 heteroatoms. The molecule has 0 aliphatic carbocycles. The van der Waals surface area contributed by atoms with Crippen LogP contribution in [0, 0.1) is 0 Å². The molecule has 0 aliphatic rings. The number of nitrogens with zero attached hydrogens (tertiary/aromatic N) is 1. The maximum absolute atomic E-state index is 11.6. The zero-order valence-electron chi connectivity index (χ0n) is 11.5. The van der Waals surface area contributed by atoms with Crippen molar-refractivity contribution < 1.29 is 14.3 Å². The highest BCUT2D eigenvalue weighted by Crippen LogP contribution is 2.14. The minimum absolute atomic E-state index is 0.190. The van der Waals surface area contributed by atoms with Crippen molar-refractivity contribution in [1.82, 2.24) is 4.98 Å². The SMILES string of the molecule is CCOc1cncc(CCC(=O)OC(C)(C)C)c1. The molecule has 0 spiro atoms. The highest BCUT2D eigenvalue weighted by Gasteiger charge is 2.15. The van der Waals surface area contributed by atoms with E-state index in [9.17, 15) is 4.79 Å². The van der Waals surface area contributed by atoms with E-state index < -0.39 is 5.60 Å². The third-order valence-electron chi connectivity index (χ3n) is 2.12. The molecule has 0 fully saturated rings. The number of ether oxygens (including phenoxy) is 2. The summed E-state index contributed by atoms with van der Waals surface area (Å²) in [5.41, 5.74) is 0.550. The van der Waals surface area contributed by atoms with Crippen molar-refractivity contribution in [2.75, 3.05) is 6.61 Å². The van der Waals surface area contributed by atoms with Crippen molar-refractivity contribution >= 4 is 5.97 Å². The number of hydrogen-bond donors (Lipinski definition) is 0. The minimum atomic E-state index is -0.428. The fraction of sp³-hybridized carbons (Fsp3) is 0.571. The van der Waals surface area contributed by atoms with Crippen LogP contribution in [-0.4, -0.2) is 23.2 Å². The van der Waals surface area contributed by atoms with E-state index in [-0.39, 0.29) is 5.97 Å². The Labute approximate surface area is 108 Å². The summed E-state index contributed by atoms with van der Waals surface area (Å²) in [4.78, 5) is 15.6. The molecule has 0 N–H and O–H groups in total. The predicted molar refractivity (Wildman–Crippen MR) is 69.6 cm³/mol. The molecule has 0 radical (unpaired) electrons. The highest BCUT2D eigenvalue weighted by molar-refractivity contribution is 5.70. The third-order valence-corrected chi connectivity index (χ3v) is 2.12. The monoisotopic (exact) mass is 251 g/mol. The first-order valence-corrected chi connectivity index (χ1v) is 6.19. The number of carbonyl (C=O) groups is 1. The number of rotatable bonds is 5. The van der Waals surface area contributed by atoms with Gasteiger partial charge in [0.15, 0.2) is 0 Å². The van der Waals surface area contributed by atoms with Crippen molar-refractivity contribution in [2.24, 2.45) is 0 Å². The van der Waals surface area contributed by atoms with Crippen LogP contribution in [-0.2, 0) is 16.0 Å². The van der Waals surface area contributed by atoms with Gasteiger partial charge in [-0.1, -0.05) is 0 Å². The number of aromatic nitrogens is 1. The van der Waals surface area contributed by atoms with E-state index in [0.717, 1.165) is 11.3 Å². The van der Waals surface area contributed by atoms with E-state index in [1.807, 2.05) is 33.8 Å². The Morgan fingerprint density at radius 3 is 2.67 bits per heavy atom. The lowest BCUT2D eigenvalue weighted by molar-refractivity contribution is -0.154. The molecule has 0 atom stereocenters.